The zero-order valence-corrected chi connectivity index (χ0v) is 12.7. The third kappa shape index (κ3) is 2.84. The molecular weight excluding hydrogens is 302 g/mol. The van der Waals surface area contributed by atoms with Crippen molar-refractivity contribution in [3.8, 4) is 0 Å². The first-order chi connectivity index (χ1) is 11.0. The monoisotopic (exact) mass is 319 g/mol. The molecular formula is C15H17N3O5. The van der Waals surface area contributed by atoms with Gasteiger partial charge in [0.2, 0.25) is 5.89 Å². The van der Waals surface area contributed by atoms with E-state index in [4.69, 9.17) is 14.0 Å². The van der Waals surface area contributed by atoms with Crippen molar-refractivity contribution in [2.75, 3.05) is 0 Å². The maximum Gasteiger partial charge on any atom is 0.338 e. The normalized spacial score (nSPS) is 16.4. The predicted octanol–water partition coefficient (Wildman–Crippen LogP) is 2.12. The van der Waals surface area contributed by atoms with Gasteiger partial charge in [0, 0.05) is 12.5 Å². The highest BCUT2D eigenvalue weighted by Crippen LogP contribution is 2.37. The number of aromatic carboxylic acids is 1. The minimum atomic E-state index is -1.14. The first kappa shape index (κ1) is 15.3. The summed E-state index contributed by atoms with van der Waals surface area (Å²) >= 11 is 0. The number of nitrogens with one attached hydrogen (secondary N) is 1. The molecule has 0 radical (unpaired) electrons. The molecule has 0 unspecified atom stereocenters. The summed E-state index contributed by atoms with van der Waals surface area (Å²) in [6, 6.07) is 1.20. The van der Waals surface area contributed by atoms with E-state index in [1.165, 1.54) is 6.07 Å². The number of rotatable bonds is 5. The van der Waals surface area contributed by atoms with Crippen LogP contribution in [0.1, 0.15) is 65.2 Å². The van der Waals surface area contributed by atoms with E-state index in [0.717, 1.165) is 19.1 Å². The van der Waals surface area contributed by atoms with Crippen LogP contribution in [0.25, 0.3) is 0 Å². The summed E-state index contributed by atoms with van der Waals surface area (Å²) in [4.78, 5) is 27.6. The second-order valence-electron chi connectivity index (χ2n) is 5.61. The lowest BCUT2D eigenvalue weighted by Gasteiger charge is -2.26. The van der Waals surface area contributed by atoms with Crippen LogP contribution in [-0.2, 0) is 12.0 Å². The summed E-state index contributed by atoms with van der Waals surface area (Å²) in [7, 11) is 0. The van der Waals surface area contributed by atoms with E-state index in [2.05, 4.69) is 15.5 Å². The molecule has 1 fully saturated rings. The summed E-state index contributed by atoms with van der Waals surface area (Å²) in [6.45, 7) is 1.91. The third-order valence-electron chi connectivity index (χ3n) is 4.08. The van der Waals surface area contributed by atoms with Gasteiger partial charge in [-0.1, -0.05) is 24.9 Å². The number of carbonyl (C=O) groups is 2. The Morgan fingerprint density at radius 2 is 2.13 bits per heavy atom. The number of furan rings is 1. The largest absolute Gasteiger partial charge is 0.478 e. The molecule has 2 aromatic rings. The first-order valence-corrected chi connectivity index (χ1v) is 7.51. The van der Waals surface area contributed by atoms with Crippen molar-refractivity contribution in [1.82, 2.24) is 15.5 Å². The van der Waals surface area contributed by atoms with Crippen LogP contribution in [0.15, 0.2) is 21.3 Å². The van der Waals surface area contributed by atoms with Gasteiger partial charge in [-0.05, 0) is 12.8 Å². The zero-order chi connectivity index (χ0) is 16.4. The molecule has 1 aliphatic carbocycles. The molecule has 8 heteroatoms. The summed E-state index contributed by atoms with van der Waals surface area (Å²) in [5.74, 6) is -0.693. The molecule has 2 aromatic heterocycles. The Balaban J connectivity index is 1.84. The van der Waals surface area contributed by atoms with Crippen LogP contribution in [0.3, 0.4) is 0 Å². The van der Waals surface area contributed by atoms with E-state index < -0.39 is 17.4 Å². The van der Waals surface area contributed by atoms with Gasteiger partial charge >= 0.3 is 5.97 Å². The molecule has 2 N–H and O–H groups in total. The SMILES string of the molecule is CCc1nc(C2(NC(=O)c3cc(C(=O)O)co3)CCCC2)no1. The average molecular weight is 319 g/mol. The smallest absolute Gasteiger partial charge is 0.338 e. The Labute approximate surface area is 131 Å². The number of carboxylic acids is 1. The van der Waals surface area contributed by atoms with Crippen LogP contribution >= 0.6 is 0 Å². The van der Waals surface area contributed by atoms with Gasteiger partial charge in [0.25, 0.3) is 5.91 Å². The Bertz CT molecular complexity index is 727. The number of carbonyl (C=O) groups excluding carboxylic acids is 1. The van der Waals surface area contributed by atoms with E-state index in [-0.39, 0.29) is 11.3 Å². The number of amides is 1. The minimum absolute atomic E-state index is 0.0483. The molecule has 23 heavy (non-hydrogen) atoms. The molecule has 0 aliphatic heterocycles. The zero-order valence-electron chi connectivity index (χ0n) is 12.7. The van der Waals surface area contributed by atoms with Crippen LogP contribution in [0.4, 0.5) is 0 Å². The van der Waals surface area contributed by atoms with Gasteiger partial charge in [0.05, 0.1) is 5.56 Å². The van der Waals surface area contributed by atoms with Crippen molar-refractivity contribution in [3.63, 3.8) is 0 Å². The number of aromatic nitrogens is 2. The minimum Gasteiger partial charge on any atom is -0.478 e. The van der Waals surface area contributed by atoms with Crippen molar-refractivity contribution >= 4 is 11.9 Å². The number of hydrogen-bond acceptors (Lipinski definition) is 6. The lowest BCUT2D eigenvalue weighted by Crippen LogP contribution is -2.44. The Morgan fingerprint density at radius 3 is 2.70 bits per heavy atom. The summed E-state index contributed by atoms with van der Waals surface area (Å²) in [6.07, 6.45) is 4.95. The predicted molar refractivity (Wildman–Crippen MR) is 77.0 cm³/mol. The highest BCUT2D eigenvalue weighted by molar-refractivity contribution is 5.95. The van der Waals surface area contributed by atoms with Gasteiger partial charge in [-0.25, -0.2) is 4.79 Å². The third-order valence-corrected chi connectivity index (χ3v) is 4.08. The number of nitrogens with zero attached hydrogens (tertiary/aromatic N) is 2. The van der Waals surface area contributed by atoms with Gasteiger partial charge < -0.3 is 19.4 Å². The van der Waals surface area contributed by atoms with E-state index in [9.17, 15) is 9.59 Å². The quantitative estimate of drug-likeness (QED) is 0.866. The fourth-order valence-corrected chi connectivity index (χ4v) is 2.82. The molecule has 0 atom stereocenters. The van der Waals surface area contributed by atoms with E-state index in [1.54, 1.807) is 0 Å². The summed E-state index contributed by atoms with van der Waals surface area (Å²) in [5.41, 5.74) is -0.757. The van der Waals surface area contributed by atoms with Crippen molar-refractivity contribution in [2.45, 2.75) is 44.6 Å². The van der Waals surface area contributed by atoms with Crippen LogP contribution in [0.2, 0.25) is 0 Å². The van der Waals surface area contributed by atoms with Gasteiger partial charge in [0.1, 0.15) is 11.8 Å². The lowest BCUT2D eigenvalue weighted by molar-refractivity contribution is 0.0695. The maximum absolute atomic E-state index is 12.4. The molecule has 2 heterocycles. The van der Waals surface area contributed by atoms with E-state index in [1.807, 2.05) is 6.92 Å². The van der Waals surface area contributed by atoms with Gasteiger partial charge in [0.15, 0.2) is 11.6 Å². The van der Waals surface area contributed by atoms with Crippen LogP contribution in [0.5, 0.6) is 0 Å². The van der Waals surface area contributed by atoms with Crippen molar-refractivity contribution < 1.29 is 23.6 Å². The van der Waals surface area contributed by atoms with Crippen molar-refractivity contribution in [3.05, 3.63) is 35.4 Å². The van der Waals surface area contributed by atoms with Crippen molar-refractivity contribution in [1.29, 1.82) is 0 Å². The van der Waals surface area contributed by atoms with Crippen molar-refractivity contribution in [2.24, 2.45) is 0 Å². The highest BCUT2D eigenvalue weighted by atomic mass is 16.5. The van der Waals surface area contributed by atoms with E-state index in [0.29, 0.717) is 31.0 Å². The fourth-order valence-electron chi connectivity index (χ4n) is 2.82. The molecule has 3 rings (SSSR count). The van der Waals surface area contributed by atoms with E-state index >= 15 is 0 Å². The summed E-state index contributed by atoms with van der Waals surface area (Å²) < 4.78 is 10.2. The van der Waals surface area contributed by atoms with Crippen LogP contribution < -0.4 is 5.32 Å². The molecule has 0 aromatic carbocycles. The van der Waals surface area contributed by atoms with Gasteiger partial charge in [-0.3, -0.25) is 4.79 Å². The first-order valence-electron chi connectivity index (χ1n) is 7.51. The molecule has 8 nitrogen and oxygen atoms in total. The van der Waals surface area contributed by atoms with Gasteiger partial charge in [-0.2, -0.15) is 4.98 Å². The molecule has 0 bridgehead atoms. The molecule has 1 saturated carbocycles. The second kappa shape index (κ2) is 5.86. The van der Waals surface area contributed by atoms with Gasteiger partial charge in [-0.15, -0.1) is 0 Å². The molecule has 0 saturated heterocycles. The summed E-state index contributed by atoms with van der Waals surface area (Å²) in [5, 5.41) is 15.8. The standard InChI is InChI=1S/C15H17N3O5/c1-2-11-16-14(18-23-11)15(5-3-4-6-15)17-12(19)10-7-9(8-22-10)13(20)21/h7-8H,2-6H2,1H3,(H,17,19)(H,20,21). The molecule has 1 aliphatic rings. The lowest BCUT2D eigenvalue weighted by atomic mass is 9.96. The molecule has 122 valence electrons. The van der Waals surface area contributed by atoms with Crippen LogP contribution in [-0.4, -0.2) is 27.1 Å². The average Bonchev–Trinajstić information content (AvgIpc) is 3.27. The number of aryl methyl sites for hydroxylation is 1. The Morgan fingerprint density at radius 1 is 1.39 bits per heavy atom. The maximum atomic E-state index is 12.4. The van der Waals surface area contributed by atoms with Crippen LogP contribution in [0, 0.1) is 0 Å². The number of hydrogen-bond donors (Lipinski definition) is 2. The second-order valence-corrected chi connectivity index (χ2v) is 5.61. The highest BCUT2D eigenvalue weighted by Gasteiger charge is 2.42. The Kier molecular flexibility index (Phi) is 3.89. The molecule has 1 amide bonds. The Hall–Kier alpha value is -2.64. The number of carboxylic acid groups (broad SMARTS) is 1. The molecule has 0 spiro atoms. The fraction of sp³-hybridized carbons (Fsp3) is 0.467. The topological polar surface area (TPSA) is 118 Å².